The van der Waals surface area contributed by atoms with Gasteiger partial charge in [0.1, 0.15) is 11.9 Å². The van der Waals surface area contributed by atoms with E-state index in [4.69, 9.17) is 9.15 Å². The van der Waals surface area contributed by atoms with Crippen LogP contribution in [0.2, 0.25) is 0 Å². The second-order valence-corrected chi connectivity index (χ2v) is 7.41. The summed E-state index contributed by atoms with van der Waals surface area (Å²) in [4.78, 5) is 30.0. The van der Waals surface area contributed by atoms with Crippen LogP contribution >= 0.6 is 0 Å². The third-order valence-corrected chi connectivity index (χ3v) is 5.58. The number of oxazole rings is 1. The van der Waals surface area contributed by atoms with Crippen LogP contribution < -0.4 is 15.4 Å². The van der Waals surface area contributed by atoms with Gasteiger partial charge in [-0.15, -0.1) is 0 Å². The van der Waals surface area contributed by atoms with Crippen LogP contribution in [0.4, 0.5) is 6.01 Å². The van der Waals surface area contributed by atoms with Crippen LogP contribution in [0.5, 0.6) is 11.7 Å². The average molecular weight is 384 g/mol. The van der Waals surface area contributed by atoms with Crippen molar-refractivity contribution in [3.63, 3.8) is 0 Å². The number of carbonyl (C=O) groups is 2. The van der Waals surface area contributed by atoms with Crippen molar-refractivity contribution in [2.75, 3.05) is 18.4 Å². The molecular weight excluding hydrogens is 360 g/mol. The molecule has 0 saturated carbocycles. The summed E-state index contributed by atoms with van der Waals surface area (Å²) in [6, 6.07) is 7.51. The minimum atomic E-state index is -0.277. The largest absolute Gasteiger partial charge is 0.425 e. The molecule has 1 aromatic heterocycles. The van der Waals surface area contributed by atoms with Crippen molar-refractivity contribution in [2.24, 2.45) is 5.92 Å². The minimum Gasteiger partial charge on any atom is -0.425 e. The van der Waals surface area contributed by atoms with Crippen LogP contribution in [-0.2, 0) is 4.79 Å². The molecule has 8 nitrogen and oxygen atoms in total. The van der Waals surface area contributed by atoms with E-state index in [9.17, 15) is 9.59 Å². The van der Waals surface area contributed by atoms with Gasteiger partial charge in [0.2, 0.25) is 5.91 Å². The number of fused-ring (bicyclic) bond motifs is 3. The number of hydrogen-bond acceptors (Lipinski definition) is 6. The first kappa shape index (κ1) is 18.5. The van der Waals surface area contributed by atoms with Crippen LogP contribution in [0.15, 0.2) is 34.9 Å². The minimum absolute atomic E-state index is 0.0650. The zero-order valence-corrected chi connectivity index (χ0v) is 16.0. The maximum atomic E-state index is 12.7. The molecule has 2 amide bonds. The lowest BCUT2D eigenvalue weighted by Gasteiger charge is -2.49. The maximum absolute atomic E-state index is 12.7. The van der Waals surface area contributed by atoms with Gasteiger partial charge in [-0.1, -0.05) is 0 Å². The molecule has 5 rings (SSSR count). The third kappa shape index (κ3) is 3.87. The van der Waals surface area contributed by atoms with Crippen molar-refractivity contribution in [3.8, 4) is 11.7 Å². The van der Waals surface area contributed by atoms with Gasteiger partial charge in [-0.2, -0.15) is 4.98 Å². The lowest BCUT2D eigenvalue weighted by atomic mass is 9.79. The Morgan fingerprint density at radius 3 is 2.57 bits per heavy atom. The van der Waals surface area contributed by atoms with Gasteiger partial charge >= 0.3 is 12.0 Å². The van der Waals surface area contributed by atoms with Gasteiger partial charge in [-0.25, -0.2) is 0 Å². The summed E-state index contributed by atoms with van der Waals surface area (Å²) in [6.45, 7) is 5.83. The van der Waals surface area contributed by atoms with Crippen molar-refractivity contribution < 1.29 is 18.7 Å². The summed E-state index contributed by atoms with van der Waals surface area (Å²) in [5.41, 5.74) is 0.590. The molecule has 8 heteroatoms. The molecule has 3 aliphatic rings. The number of piperidine rings is 3. The summed E-state index contributed by atoms with van der Waals surface area (Å²) in [5.74, 6) is 0.891. The van der Waals surface area contributed by atoms with Gasteiger partial charge in [-0.05, 0) is 63.0 Å². The number of carbonyl (C=O) groups excluding carboxylic acids is 2. The third-order valence-electron chi connectivity index (χ3n) is 5.58. The Morgan fingerprint density at radius 1 is 1.21 bits per heavy atom. The van der Waals surface area contributed by atoms with Gasteiger partial charge in [0.25, 0.3) is 5.91 Å². The monoisotopic (exact) mass is 384 g/mol. The van der Waals surface area contributed by atoms with Crippen molar-refractivity contribution in [1.82, 2.24) is 15.2 Å². The van der Waals surface area contributed by atoms with E-state index in [2.05, 4.69) is 27.4 Å². The number of nitrogens with zero attached hydrogens (tertiary/aromatic N) is 2. The molecule has 3 aliphatic heterocycles. The smallest absolute Gasteiger partial charge is 0.312 e. The summed E-state index contributed by atoms with van der Waals surface area (Å²) in [5, 5.41) is 5.65. The van der Waals surface area contributed by atoms with Crippen LogP contribution in [-0.4, -0.2) is 46.9 Å². The highest BCUT2D eigenvalue weighted by molar-refractivity contribution is 5.94. The van der Waals surface area contributed by atoms with Crippen molar-refractivity contribution in [2.45, 2.75) is 38.8 Å². The molecule has 3 saturated heterocycles. The van der Waals surface area contributed by atoms with Crippen LogP contribution in [0, 0.1) is 5.92 Å². The molecule has 0 aliphatic carbocycles. The first-order valence-corrected chi connectivity index (χ1v) is 9.56. The van der Waals surface area contributed by atoms with Crippen molar-refractivity contribution in [3.05, 3.63) is 36.0 Å². The van der Waals surface area contributed by atoms with Gasteiger partial charge < -0.3 is 14.5 Å². The Bertz CT molecular complexity index is 853. The van der Waals surface area contributed by atoms with Crippen molar-refractivity contribution >= 4 is 17.8 Å². The summed E-state index contributed by atoms with van der Waals surface area (Å²) >= 11 is 0. The van der Waals surface area contributed by atoms with Crippen LogP contribution in [0.1, 0.15) is 37.0 Å². The van der Waals surface area contributed by atoms with E-state index < -0.39 is 0 Å². The van der Waals surface area contributed by atoms with Gasteiger partial charge in [0, 0.05) is 24.6 Å². The Morgan fingerprint density at radius 2 is 1.93 bits per heavy atom. The predicted octanol–water partition coefficient (Wildman–Crippen LogP) is 2.64. The number of benzene rings is 1. The molecule has 2 bridgehead atoms. The van der Waals surface area contributed by atoms with E-state index in [1.54, 1.807) is 24.3 Å². The second-order valence-electron chi connectivity index (χ2n) is 7.41. The fourth-order valence-electron chi connectivity index (χ4n) is 4.09. The highest BCUT2D eigenvalue weighted by Gasteiger charge is 2.40. The van der Waals surface area contributed by atoms with Crippen molar-refractivity contribution in [1.29, 1.82) is 0 Å². The molecule has 2 aromatic rings. The molecular formula is C20H24N4O4. The Hall–Kier alpha value is -2.87. The normalized spacial score (nSPS) is 25.9. The molecule has 2 atom stereocenters. The number of rotatable bonds is 5. The van der Waals surface area contributed by atoms with E-state index in [1.165, 1.54) is 13.1 Å². The Balaban J connectivity index is 1.37. The van der Waals surface area contributed by atoms with Crippen LogP contribution in [0.25, 0.3) is 0 Å². The highest BCUT2D eigenvalue weighted by atomic mass is 16.6. The van der Waals surface area contributed by atoms with Gasteiger partial charge in [0.15, 0.2) is 0 Å². The average Bonchev–Trinajstić information content (AvgIpc) is 3.11. The molecule has 4 heterocycles. The maximum Gasteiger partial charge on any atom is 0.312 e. The second kappa shape index (κ2) is 7.63. The number of ether oxygens (including phenoxy) is 1. The zero-order chi connectivity index (χ0) is 19.7. The predicted molar refractivity (Wildman–Crippen MR) is 102 cm³/mol. The highest BCUT2D eigenvalue weighted by Crippen LogP contribution is 2.32. The zero-order valence-electron chi connectivity index (χ0n) is 16.0. The summed E-state index contributed by atoms with van der Waals surface area (Å²) in [7, 11) is 0. The van der Waals surface area contributed by atoms with Gasteiger partial charge in [0.05, 0.1) is 0 Å². The number of anilines is 1. The Labute approximate surface area is 163 Å². The Kier molecular flexibility index (Phi) is 5.04. The molecule has 0 unspecified atom stereocenters. The topological polar surface area (TPSA) is 96.7 Å². The first-order valence-electron chi connectivity index (χ1n) is 9.56. The van der Waals surface area contributed by atoms with E-state index in [0.717, 1.165) is 25.9 Å². The quantitative estimate of drug-likeness (QED) is 0.823. The number of amides is 2. The van der Waals surface area contributed by atoms with Gasteiger partial charge in [-0.3, -0.25) is 19.8 Å². The SMILES string of the molecule is CC(=O)Nc1ncc(Oc2ccc(C(=O)N[C@@H]3C4CCN(CC4)[C@H]3C)cc2)o1. The van der Waals surface area contributed by atoms with Crippen LogP contribution in [0.3, 0.4) is 0 Å². The van der Waals surface area contributed by atoms with E-state index in [1.807, 2.05) is 0 Å². The fourth-order valence-corrected chi connectivity index (χ4v) is 4.09. The fraction of sp³-hybridized carbons (Fsp3) is 0.450. The summed E-state index contributed by atoms with van der Waals surface area (Å²) < 4.78 is 10.8. The molecule has 148 valence electrons. The number of nitrogens with one attached hydrogen (secondary N) is 2. The standard InChI is InChI=1S/C20H24N4O4/c1-12-18(14-7-9-24(12)10-8-14)23-19(26)15-3-5-16(6-4-15)27-17-11-21-20(28-17)22-13(2)25/h3-6,11-12,14,18H,7-10H2,1-2H3,(H,23,26)(H,21,22,25)/t12-,18-/m0/s1. The molecule has 3 fully saturated rings. The van der Waals surface area contributed by atoms with E-state index in [0.29, 0.717) is 23.3 Å². The molecule has 0 spiro atoms. The lowest BCUT2D eigenvalue weighted by Crippen LogP contribution is -2.62. The lowest BCUT2D eigenvalue weighted by molar-refractivity contribution is -0.114. The molecule has 2 N–H and O–H groups in total. The number of hydrogen-bond donors (Lipinski definition) is 2. The molecule has 1 aromatic carbocycles. The molecule has 28 heavy (non-hydrogen) atoms. The number of aromatic nitrogens is 1. The van der Waals surface area contributed by atoms with E-state index in [-0.39, 0.29) is 29.8 Å². The first-order chi connectivity index (χ1) is 13.5. The summed E-state index contributed by atoms with van der Waals surface area (Å²) in [6.07, 6.45) is 3.68. The van der Waals surface area contributed by atoms with E-state index >= 15 is 0 Å². The molecule has 0 radical (unpaired) electrons.